The van der Waals surface area contributed by atoms with Gasteiger partial charge in [-0.2, -0.15) is 0 Å². The lowest BCUT2D eigenvalue weighted by atomic mass is 10.2. The molecular formula is C17H17N3O. The molecule has 1 aromatic heterocycles. The lowest BCUT2D eigenvalue weighted by Gasteiger charge is -2.12. The quantitative estimate of drug-likeness (QED) is 0.786. The van der Waals surface area contributed by atoms with Crippen LogP contribution in [0.3, 0.4) is 0 Å². The van der Waals surface area contributed by atoms with Crippen molar-refractivity contribution in [2.75, 3.05) is 12.4 Å². The molecule has 4 nitrogen and oxygen atoms in total. The molecule has 0 aliphatic carbocycles. The third-order valence-electron chi connectivity index (χ3n) is 3.33. The molecule has 0 unspecified atom stereocenters. The topological polar surface area (TPSA) is 39.1 Å². The van der Waals surface area contributed by atoms with Gasteiger partial charge in [0, 0.05) is 23.8 Å². The molecular weight excluding hydrogens is 262 g/mol. The van der Waals surface area contributed by atoms with Gasteiger partial charge in [-0.15, -0.1) is 0 Å². The highest BCUT2D eigenvalue weighted by Crippen LogP contribution is 2.24. The number of anilines is 2. The van der Waals surface area contributed by atoms with Crippen LogP contribution in [0.2, 0.25) is 0 Å². The van der Waals surface area contributed by atoms with Gasteiger partial charge in [-0.25, -0.2) is 4.98 Å². The third kappa shape index (κ3) is 2.74. The number of hydrogen-bond acceptors (Lipinski definition) is 3. The molecule has 1 heterocycles. The highest BCUT2D eigenvalue weighted by atomic mass is 16.5. The average Bonchev–Trinajstić information content (AvgIpc) is 2.96. The standard InChI is InChI=1S/C17H17N3O/c1-13-12-15(8-9-16(13)21-2)20-11-10-18-17(20)19-14-6-4-3-5-7-14/h3-12H,1-2H3,(H,18,19). The van der Waals surface area contributed by atoms with E-state index in [-0.39, 0.29) is 0 Å². The van der Waals surface area contributed by atoms with Crippen molar-refractivity contribution < 1.29 is 4.74 Å². The maximum atomic E-state index is 5.30. The highest BCUT2D eigenvalue weighted by molar-refractivity contribution is 5.56. The fourth-order valence-electron chi connectivity index (χ4n) is 2.27. The maximum Gasteiger partial charge on any atom is 0.212 e. The summed E-state index contributed by atoms with van der Waals surface area (Å²) in [6, 6.07) is 16.1. The van der Waals surface area contributed by atoms with E-state index in [1.807, 2.05) is 60.2 Å². The molecule has 0 spiro atoms. The molecule has 0 atom stereocenters. The van der Waals surface area contributed by atoms with Crippen LogP contribution in [0, 0.1) is 6.92 Å². The zero-order chi connectivity index (χ0) is 14.7. The van der Waals surface area contributed by atoms with Crippen LogP contribution in [0.4, 0.5) is 11.6 Å². The van der Waals surface area contributed by atoms with Gasteiger partial charge in [0.1, 0.15) is 5.75 Å². The van der Waals surface area contributed by atoms with Crippen LogP contribution < -0.4 is 10.1 Å². The Kier molecular flexibility index (Phi) is 3.60. The van der Waals surface area contributed by atoms with Crippen molar-refractivity contribution in [3.05, 3.63) is 66.5 Å². The Balaban J connectivity index is 1.93. The van der Waals surface area contributed by atoms with Crippen LogP contribution in [-0.4, -0.2) is 16.7 Å². The van der Waals surface area contributed by atoms with E-state index in [0.29, 0.717) is 0 Å². The van der Waals surface area contributed by atoms with Gasteiger partial charge in [-0.05, 0) is 42.8 Å². The van der Waals surface area contributed by atoms with Gasteiger partial charge in [-0.1, -0.05) is 18.2 Å². The molecule has 0 radical (unpaired) electrons. The van der Waals surface area contributed by atoms with Gasteiger partial charge in [0.15, 0.2) is 0 Å². The van der Waals surface area contributed by atoms with Gasteiger partial charge in [0.2, 0.25) is 5.95 Å². The lowest BCUT2D eigenvalue weighted by Crippen LogP contribution is -2.01. The molecule has 0 aliphatic rings. The molecule has 106 valence electrons. The number of nitrogens with zero attached hydrogens (tertiary/aromatic N) is 2. The largest absolute Gasteiger partial charge is 0.496 e. The molecule has 0 fully saturated rings. The summed E-state index contributed by atoms with van der Waals surface area (Å²) < 4.78 is 7.32. The summed E-state index contributed by atoms with van der Waals surface area (Å²) in [4.78, 5) is 4.38. The molecule has 21 heavy (non-hydrogen) atoms. The van der Waals surface area contributed by atoms with Crippen molar-refractivity contribution in [2.45, 2.75) is 6.92 Å². The number of aromatic nitrogens is 2. The minimum atomic E-state index is 0.783. The second-order valence-electron chi connectivity index (χ2n) is 4.77. The van der Waals surface area contributed by atoms with Crippen LogP contribution in [0.5, 0.6) is 5.75 Å². The number of rotatable bonds is 4. The zero-order valence-electron chi connectivity index (χ0n) is 12.1. The Bertz CT molecular complexity index is 735. The fourth-order valence-corrected chi connectivity index (χ4v) is 2.27. The second kappa shape index (κ2) is 5.71. The SMILES string of the molecule is COc1ccc(-n2ccnc2Nc2ccccc2)cc1C. The summed E-state index contributed by atoms with van der Waals surface area (Å²) in [5.74, 6) is 1.67. The van der Waals surface area contributed by atoms with E-state index >= 15 is 0 Å². The number of imidazole rings is 1. The zero-order valence-corrected chi connectivity index (χ0v) is 12.1. The summed E-state index contributed by atoms with van der Waals surface area (Å²) in [5.41, 5.74) is 3.15. The summed E-state index contributed by atoms with van der Waals surface area (Å²) >= 11 is 0. The number of nitrogens with one attached hydrogen (secondary N) is 1. The second-order valence-corrected chi connectivity index (χ2v) is 4.77. The van der Waals surface area contributed by atoms with Crippen molar-refractivity contribution in [3.8, 4) is 11.4 Å². The number of hydrogen-bond donors (Lipinski definition) is 1. The first kappa shape index (κ1) is 13.2. The van der Waals surface area contributed by atoms with Gasteiger partial charge >= 0.3 is 0 Å². The van der Waals surface area contributed by atoms with E-state index in [2.05, 4.69) is 16.4 Å². The molecule has 2 aromatic carbocycles. The van der Waals surface area contributed by atoms with Crippen molar-refractivity contribution in [1.29, 1.82) is 0 Å². The van der Waals surface area contributed by atoms with E-state index < -0.39 is 0 Å². The molecule has 0 aliphatic heterocycles. The van der Waals surface area contributed by atoms with Crippen LogP contribution in [0.15, 0.2) is 60.9 Å². The lowest BCUT2D eigenvalue weighted by molar-refractivity contribution is 0.411. The molecule has 0 amide bonds. The summed E-state index contributed by atoms with van der Waals surface area (Å²) in [7, 11) is 1.68. The first-order valence-corrected chi connectivity index (χ1v) is 6.78. The number of benzene rings is 2. The van der Waals surface area contributed by atoms with Crippen LogP contribution in [0.25, 0.3) is 5.69 Å². The molecule has 1 N–H and O–H groups in total. The van der Waals surface area contributed by atoms with Crippen LogP contribution in [-0.2, 0) is 0 Å². The molecule has 3 aromatic rings. The molecule has 0 saturated heterocycles. The third-order valence-corrected chi connectivity index (χ3v) is 3.33. The Morgan fingerprint density at radius 3 is 2.62 bits per heavy atom. The molecule has 0 saturated carbocycles. The maximum absolute atomic E-state index is 5.30. The van der Waals surface area contributed by atoms with Crippen LogP contribution >= 0.6 is 0 Å². The highest BCUT2D eigenvalue weighted by Gasteiger charge is 2.07. The van der Waals surface area contributed by atoms with Gasteiger partial charge in [-0.3, -0.25) is 4.57 Å². The van der Waals surface area contributed by atoms with E-state index in [1.165, 1.54) is 0 Å². The average molecular weight is 279 g/mol. The Labute approximate surface area is 124 Å². The minimum Gasteiger partial charge on any atom is -0.496 e. The summed E-state index contributed by atoms with van der Waals surface area (Å²) in [6.45, 7) is 2.03. The smallest absolute Gasteiger partial charge is 0.212 e. The Morgan fingerprint density at radius 2 is 1.90 bits per heavy atom. The van der Waals surface area contributed by atoms with E-state index in [4.69, 9.17) is 4.74 Å². The first-order chi connectivity index (χ1) is 10.3. The first-order valence-electron chi connectivity index (χ1n) is 6.78. The Hall–Kier alpha value is -2.75. The molecule has 4 heteroatoms. The Morgan fingerprint density at radius 1 is 1.10 bits per heavy atom. The normalized spacial score (nSPS) is 10.4. The number of para-hydroxylation sites is 1. The van der Waals surface area contributed by atoms with E-state index in [1.54, 1.807) is 13.3 Å². The molecule has 0 bridgehead atoms. The van der Waals surface area contributed by atoms with E-state index in [0.717, 1.165) is 28.6 Å². The van der Waals surface area contributed by atoms with E-state index in [9.17, 15) is 0 Å². The number of ether oxygens (including phenoxy) is 1. The molecule has 3 rings (SSSR count). The summed E-state index contributed by atoms with van der Waals surface area (Å²) in [6.07, 6.45) is 3.72. The van der Waals surface area contributed by atoms with Crippen molar-refractivity contribution in [1.82, 2.24) is 9.55 Å². The van der Waals surface area contributed by atoms with Crippen molar-refractivity contribution in [2.24, 2.45) is 0 Å². The minimum absolute atomic E-state index is 0.783. The van der Waals surface area contributed by atoms with Gasteiger partial charge in [0.05, 0.1) is 7.11 Å². The summed E-state index contributed by atoms with van der Waals surface area (Å²) in [5, 5.41) is 3.32. The van der Waals surface area contributed by atoms with Crippen LogP contribution in [0.1, 0.15) is 5.56 Å². The monoisotopic (exact) mass is 279 g/mol. The number of methoxy groups -OCH3 is 1. The van der Waals surface area contributed by atoms with Gasteiger partial charge < -0.3 is 10.1 Å². The van der Waals surface area contributed by atoms with Crippen molar-refractivity contribution >= 4 is 11.6 Å². The predicted octanol–water partition coefficient (Wildman–Crippen LogP) is 3.93. The predicted molar refractivity (Wildman–Crippen MR) is 84.6 cm³/mol. The van der Waals surface area contributed by atoms with Gasteiger partial charge in [0.25, 0.3) is 0 Å². The fraction of sp³-hybridized carbons (Fsp3) is 0.118. The number of aryl methyl sites for hydroxylation is 1. The van der Waals surface area contributed by atoms with Crippen molar-refractivity contribution in [3.63, 3.8) is 0 Å².